The summed E-state index contributed by atoms with van der Waals surface area (Å²) >= 11 is 0. The summed E-state index contributed by atoms with van der Waals surface area (Å²) in [4.78, 5) is 4.03. The zero-order chi connectivity index (χ0) is 11.6. The fourth-order valence-corrected chi connectivity index (χ4v) is 1.47. The van der Waals surface area contributed by atoms with E-state index < -0.39 is 0 Å². The van der Waals surface area contributed by atoms with Crippen LogP contribution in [0.4, 0.5) is 11.6 Å². The highest BCUT2D eigenvalue weighted by molar-refractivity contribution is 5.54. The molecule has 0 unspecified atom stereocenters. The second-order valence-corrected chi connectivity index (χ2v) is 4.79. The van der Waals surface area contributed by atoms with Gasteiger partial charge in [0, 0.05) is 5.69 Å². The first-order valence-electron chi connectivity index (χ1n) is 5.28. The zero-order valence-electron chi connectivity index (χ0n) is 9.78. The standard InChI is InChI=1S/C12H16N4/c1-12(2,3)9-5-4-6-10(7-9)15-11-13-8-14-16-11/h4-8H,1-3H3,(H2,13,14,15,16). The van der Waals surface area contributed by atoms with Crippen LogP contribution in [0.5, 0.6) is 0 Å². The Bertz CT molecular complexity index is 454. The third-order valence-electron chi connectivity index (χ3n) is 2.41. The maximum absolute atomic E-state index is 4.03. The molecular weight excluding hydrogens is 200 g/mol. The second kappa shape index (κ2) is 3.96. The van der Waals surface area contributed by atoms with Gasteiger partial charge in [-0.15, -0.1) is 0 Å². The number of hydrogen-bond donors (Lipinski definition) is 2. The Labute approximate surface area is 95.1 Å². The van der Waals surface area contributed by atoms with Crippen LogP contribution in [0.1, 0.15) is 26.3 Å². The summed E-state index contributed by atoms with van der Waals surface area (Å²) < 4.78 is 0. The van der Waals surface area contributed by atoms with Crippen molar-refractivity contribution in [3.05, 3.63) is 36.2 Å². The first-order chi connectivity index (χ1) is 7.55. The van der Waals surface area contributed by atoms with Crippen molar-refractivity contribution in [2.75, 3.05) is 5.32 Å². The molecule has 4 heteroatoms. The van der Waals surface area contributed by atoms with E-state index in [-0.39, 0.29) is 5.41 Å². The van der Waals surface area contributed by atoms with Crippen molar-refractivity contribution in [3.63, 3.8) is 0 Å². The van der Waals surface area contributed by atoms with E-state index >= 15 is 0 Å². The van der Waals surface area contributed by atoms with Crippen LogP contribution < -0.4 is 5.32 Å². The predicted molar refractivity (Wildman–Crippen MR) is 64.8 cm³/mol. The van der Waals surface area contributed by atoms with E-state index in [2.05, 4.69) is 53.4 Å². The summed E-state index contributed by atoms with van der Waals surface area (Å²) in [6, 6.07) is 8.31. The van der Waals surface area contributed by atoms with Gasteiger partial charge in [0.2, 0.25) is 5.95 Å². The number of benzene rings is 1. The average Bonchev–Trinajstić information content (AvgIpc) is 2.70. The van der Waals surface area contributed by atoms with Crippen LogP contribution in [-0.4, -0.2) is 15.2 Å². The van der Waals surface area contributed by atoms with E-state index in [9.17, 15) is 0 Å². The molecule has 0 saturated carbocycles. The molecule has 0 aliphatic rings. The van der Waals surface area contributed by atoms with Gasteiger partial charge < -0.3 is 5.32 Å². The highest BCUT2D eigenvalue weighted by Crippen LogP contribution is 2.25. The van der Waals surface area contributed by atoms with E-state index in [1.54, 1.807) is 0 Å². The Balaban J connectivity index is 2.23. The van der Waals surface area contributed by atoms with Crippen LogP contribution in [0.15, 0.2) is 30.6 Å². The maximum atomic E-state index is 4.03. The first-order valence-corrected chi connectivity index (χ1v) is 5.28. The van der Waals surface area contributed by atoms with Gasteiger partial charge in [-0.3, -0.25) is 0 Å². The van der Waals surface area contributed by atoms with Crippen LogP contribution in [0, 0.1) is 0 Å². The maximum Gasteiger partial charge on any atom is 0.222 e. The molecule has 4 nitrogen and oxygen atoms in total. The van der Waals surface area contributed by atoms with Crippen LogP contribution in [0.25, 0.3) is 0 Å². The van der Waals surface area contributed by atoms with Crippen molar-refractivity contribution < 1.29 is 0 Å². The molecule has 1 heterocycles. The lowest BCUT2D eigenvalue weighted by atomic mass is 9.87. The minimum Gasteiger partial charge on any atom is -0.325 e. The van der Waals surface area contributed by atoms with Gasteiger partial charge in [-0.1, -0.05) is 32.9 Å². The summed E-state index contributed by atoms with van der Waals surface area (Å²) in [5.41, 5.74) is 2.46. The highest BCUT2D eigenvalue weighted by atomic mass is 15.3. The van der Waals surface area contributed by atoms with E-state index in [4.69, 9.17) is 0 Å². The van der Waals surface area contributed by atoms with Gasteiger partial charge in [0.25, 0.3) is 0 Å². The molecule has 84 valence electrons. The summed E-state index contributed by atoms with van der Waals surface area (Å²) in [6.45, 7) is 6.59. The molecule has 2 aromatic rings. The Morgan fingerprint density at radius 1 is 1.25 bits per heavy atom. The lowest BCUT2D eigenvalue weighted by molar-refractivity contribution is 0.590. The van der Waals surface area contributed by atoms with Gasteiger partial charge in [-0.25, -0.2) is 5.10 Å². The molecule has 0 aliphatic carbocycles. The predicted octanol–water partition coefficient (Wildman–Crippen LogP) is 2.85. The SMILES string of the molecule is CC(C)(C)c1cccc(Nc2ncn[nH]2)c1. The van der Waals surface area contributed by atoms with Crippen molar-refractivity contribution in [1.29, 1.82) is 0 Å². The van der Waals surface area contributed by atoms with Gasteiger partial charge in [-0.05, 0) is 23.1 Å². The Hall–Kier alpha value is -1.84. The first kappa shape index (κ1) is 10.7. The molecule has 1 aromatic heterocycles. The second-order valence-electron chi connectivity index (χ2n) is 4.79. The minimum atomic E-state index is 0.152. The summed E-state index contributed by atoms with van der Waals surface area (Å²) in [5, 5.41) is 9.73. The normalized spacial score (nSPS) is 11.4. The molecule has 0 aliphatic heterocycles. The molecule has 0 saturated heterocycles. The summed E-state index contributed by atoms with van der Waals surface area (Å²) in [7, 11) is 0. The Morgan fingerprint density at radius 2 is 2.06 bits per heavy atom. The van der Waals surface area contributed by atoms with Gasteiger partial charge in [-0.2, -0.15) is 10.1 Å². The summed E-state index contributed by atoms with van der Waals surface area (Å²) in [6.07, 6.45) is 1.48. The number of nitrogens with zero attached hydrogens (tertiary/aromatic N) is 2. The Kier molecular flexibility index (Phi) is 2.64. The number of H-pyrrole nitrogens is 1. The molecule has 0 spiro atoms. The number of aromatic amines is 1. The molecule has 16 heavy (non-hydrogen) atoms. The fourth-order valence-electron chi connectivity index (χ4n) is 1.47. The van der Waals surface area contributed by atoms with E-state index in [0.717, 1.165) is 5.69 Å². The third-order valence-corrected chi connectivity index (χ3v) is 2.41. The van der Waals surface area contributed by atoms with Crippen molar-refractivity contribution in [2.24, 2.45) is 0 Å². The Morgan fingerprint density at radius 3 is 2.69 bits per heavy atom. The van der Waals surface area contributed by atoms with E-state index in [1.165, 1.54) is 11.9 Å². The van der Waals surface area contributed by atoms with Gasteiger partial charge in [0.15, 0.2) is 0 Å². The smallest absolute Gasteiger partial charge is 0.222 e. The van der Waals surface area contributed by atoms with Crippen molar-refractivity contribution >= 4 is 11.6 Å². The minimum absolute atomic E-state index is 0.152. The molecule has 2 rings (SSSR count). The van der Waals surface area contributed by atoms with Crippen molar-refractivity contribution in [3.8, 4) is 0 Å². The van der Waals surface area contributed by atoms with Crippen LogP contribution in [0.2, 0.25) is 0 Å². The van der Waals surface area contributed by atoms with E-state index in [1.807, 2.05) is 12.1 Å². The van der Waals surface area contributed by atoms with Crippen molar-refractivity contribution in [1.82, 2.24) is 15.2 Å². The van der Waals surface area contributed by atoms with Crippen LogP contribution in [0.3, 0.4) is 0 Å². The number of rotatable bonds is 2. The third kappa shape index (κ3) is 2.39. The molecule has 0 bridgehead atoms. The molecule has 0 radical (unpaired) electrons. The fraction of sp³-hybridized carbons (Fsp3) is 0.333. The largest absolute Gasteiger partial charge is 0.325 e. The lowest BCUT2D eigenvalue weighted by Crippen LogP contribution is -2.11. The molecular formula is C12H16N4. The van der Waals surface area contributed by atoms with E-state index in [0.29, 0.717) is 5.95 Å². The number of hydrogen-bond acceptors (Lipinski definition) is 3. The van der Waals surface area contributed by atoms with Gasteiger partial charge >= 0.3 is 0 Å². The molecule has 1 aromatic carbocycles. The van der Waals surface area contributed by atoms with Crippen molar-refractivity contribution in [2.45, 2.75) is 26.2 Å². The number of nitrogens with one attached hydrogen (secondary N) is 2. The zero-order valence-corrected chi connectivity index (χ0v) is 9.78. The summed E-state index contributed by atoms with van der Waals surface area (Å²) in [5.74, 6) is 0.658. The topological polar surface area (TPSA) is 53.6 Å². The molecule has 0 atom stereocenters. The van der Waals surface area contributed by atoms with Gasteiger partial charge in [0.05, 0.1) is 0 Å². The lowest BCUT2D eigenvalue weighted by Gasteiger charge is -2.19. The van der Waals surface area contributed by atoms with Gasteiger partial charge in [0.1, 0.15) is 6.33 Å². The van der Waals surface area contributed by atoms with Crippen LogP contribution in [-0.2, 0) is 5.41 Å². The molecule has 0 fully saturated rings. The quantitative estimate of drug-likeness (QED) is 0.811. The number of aromatic nitrogens is 3. The number of anilines is 2. The monoisotopic (exact) mass is 216 g/mol. The molecule has 0 amide bonds. The molecule has 2 N–H and O–H groups in total. The average molecular weight is 216 g/mol. The van der Waals surface area contributed by atoms with Crippen LogP contribution >= 0.6 is 0 Å². The highest BCUT2D eigenvalue weighted by Gasteiger charge is 2.13.